The van der Waals surface area contributed by atoms with Crippen LogP contribution in [0.2, 0.25) is 0 Å². The van der Waals surface area contributed by atoms with Crippen LogP contribution in [0, 0.1) is 0 Å². The van der Waals surface area contributed by atoms with Crippen molar-refractivity contribution in [1.82, 2.24) is 9.97 Å². The van der Waals surface area contributed by atoms with Gasteiger partial charge in [0, 0.05) is 25.6 Å². The van der Waals surface area contributed by atoms with Crippen LogP contribution < -0.4 is 19.9 Å². The van der Waals surface area contributed by atoms with Crippen LogP contribution in [0.1, 0.15) is 33.3 Å². The van der Waals surface area contributed by atoms with Gasteiger partial charge >= 0.3 is 5.97 Å². The summed E-state index contributed by atoms with van der Waals surface area (Å²) >= 11 is 0. The summed E-state index contributed by atoms with van der Waals surface area (Å²) in [6.07, 6.45) is 1.56. The van der Waals surface area contributed by atoms with E-state index < -0.39 is 29.1 Å². The van der Waals surface area contributed by atoms with Crippen LogP contribution in [0.25, 0.3) is 0 Å². The fraction of sp³-hybridized carbons (Fsp3) is 0.478. The van der Waals surface area contributed by atoms with E-state index in [-0.39, 0.29) is 17.9 Å². The summed E-state index contributed by atoms with van der Waals surface area (Å²) < 4.78 is 19.8. The number of carboxylic acids is 1. The molecular formula is C23H34FN5O4P2. The predicted octanol–water partition coefficient (Wildman–Crippen LogP) is 3.55. The first kappa shape index (κ1) is 28.7. The maximum atomic E-state index is 14.6. The Hall–Kier alpha value is -2.57. The van der Waals surface area contributed by atoms with Crippen LogP contribution in [0.3, 0.4) is 0 Å². The van der Waals surface area contributed by atoms with Crippen LogP contribution >= 0.6 is 18.5 Å². The van der Waals surface area contributed by atoms with Gasteiger partial charge in [-0.2, -0.15) is 4.98 Å². The van der Waals surface area contributed by atoms with Crippen LogP contribution in [0.5, 0.6) is 5.75 Å². The second kappa shape index (κ2) is 12.4. The molecule has 0 saturated carbocycles. The van der Waals surface area contributed by atoms with Gasteiger partial charge in [-0.1, -0.05) is 30.6 Å². The molecule has 0 aliphatic rings. The number of aromatic nitrogens is 2. The summed E-state index contributed by atoms with van der Waals surface area (Å²) in [5.41, 5.74) is 0.952. The van der Waals surface area contributed by atoms with Gasteiger partial charge in [0.2, 0.25) is 11.1 Å². The fourth-order valence-corrected chi connectivity index (χ4v) is 3.75. The lowest BCUT2D eigenvalue weighted by molar-refractivity contribution is -0.137. The number of benzene rings is 1. The van der Waals surface area contributed by atoms with Gasteiger partial charge in [-0.15, -0.1) is 0 Å². The normalized spacial score (nSPS) is 12.3. The van der Waals surface area contributed by atoms with Crippen LogP contribution in [-0.2, 0) is 16.0 Å². The lowest BCUT2D eigenvalue weighted by atomic mass is 10.1. The number of amides is 1. The molecule has 1 amide bonds. The van der Waals surface area contributed by atoms with E-state index in [1.807, 2.05) is 37.2 Å². The van der Waals surface area contributed by atoms with E-state index in [2.05, 4.69) is 15.3 Å². The van der Waals surface area contributed by atoms with Crippen molar-refractivity contribution < 1.29 is 23.8 Å². The van der Waals surface area contributed by atoms with Crippen LogP contribution in [-0.4, -0.2) is 64.4 Å². The zero-order chi connectivity index (χ0) is 26.3. The zero-order valence-electron chi connectivity index (χ0n) is 20.7. The monoisotopic (exact) mass is 525 g/mol. The molecule has 192 valence electrons. The SMILES string of the molecule is CCN(CC)c1ncc(N(C(=O)C(F)(P)P)C(C)C)c(NC(Cc2ccc(OC)cc2)C(=O)O)n1. The second-order valence-electron chi connectivity index (χ2n) is 8.20. The first-order valence-corrected chi connectivity index (χ1v) is 12.4. The van der Waals surface area contributed by atoms with Gasteiger partial charge in [-0.25, -0.2) is 14.2 Å². The molecule has 3 atom stereocenters. The molecule has 2 aromatic rings. The third-order valence-corrected chi connectivity index (χ3v) is 5.83. The van der Waals surface area contributed by atoms with E-state index in [9.17, 15) is 19.1 Å². The van der Waals surface area contributed by atoms with Gasteiger partial charge in [-0.05, 0) is 45.4 Å². The topological polar surface area (TPSA) is 108 Å². The number of halogens is 1. The molecule has 1 aromatic carbocycles. The molecule has 12 heteroatoms. The van der Waals surface area contributed by atoms with Gasteiger partial charge in [0.1, 0.15) is 17.5 Å². The molecule has 2 N–H and O–H groups in total. The summed E-state index contributed by atoms with van der Waals surface area (Å²) in [4.78, 5) is 37.2. The number of ether oxygens (including phenoxy) is 1. The molecule has 1 heterocycles. The third-order valence-electron chi connectivity index (χ3n) is 5.33. The first-order valence-electron chi connectivity index (χ1n) is 11.3. The lowest BCUT2D eigenvalue weighted by Gasteiger charge is -2.32. The fourth-order valence-electron chi connectivity index (χ4n) is 3.48. The first-order chi connectivity index (χ1) is 16.4. The molecule has 0 spiro atoms. The zero-order valence-corrected chi connectivity index (χ0v) is 23.0. The van der Waals surface area contributed by atoms with Crippen molar-refractivity contribution in [3.8, 4) is 5.75 Å². The van der Waals surface area contributed by atoms with Crippen LogP contribution in [0.4, 0.5) is 21.8 Å². The number of hydrogen-bond acceptors (Lipinski definition) is 7. The summed E-state index contributed by atoms with van der Waals surface area (Å²) in [7, 11) is 5.28. The van der Waals surface area contributed by atoms with Crippen molar-refractivity contribution in [3.05, 3.63) is 36.0 Å². The molecule has 0 saturated heterocycles. The molecular weight excluding hydrogens is 491 g/mol. The lowest BCUT2D eigenvalue weighted by Crippen LogP contribution is -2.45. The van der Waals surface area contributed by atoms with E-state index in [0.29, 0.717) is 24.8 Å². The van der Waals surface area contributed by atoms with Crippen LogP contribution in [0.15, 0.2) is 30.5 Å². The summed E-state index contributed by atoms with van der Waals surface area (Å²) in [6, 6.07) is 5.53. The molecule has 2 rings (SSSR count). The highest BCUT2D eigenvalue weighted by molar-refractivity contribution is 7.42. The Morgan fingerprint density at radius 2 is 1.80 bits per heavy atom. The van der Waals surface area contributed by atoms with Crippen molar-refractivity contribution in [2.45, 2.75) is 51.4 Å². The third kappa shape index (κ3) is 7.45. The number of anilines is 3. The average molecular weight is 526 g/mol. The van der Waals surface area contributed by atoms with Gasteiger partial charge in [0.25, 0.3) is 5.91 Å². The smallest absolute Gasteiger partial charge is 0.326 e. The van der Waals surface area contributed by atoms with Gasteiger partial charge in [0.05, 0.1) is 13.3 Å². The summed E-state index contributed by atoms with van der Waals surface area (Å²) in [5.74, 6) is -0.787. The number of carbonyl (C=O) groups excluding carboxylic acids is 1. The number of nitrogens with one attached hydrogen (secondary N) is 1. The number of carbonyl (C=O) groups is 2. The highest BCUT2D eigenvalue weighted by Gasteiger charge is 2.36. The standard InChI is InChI=1S/C23H34FN5O4P2/c1-6-28(7-2)22-25-13-18(29(14(3)4)21(32)23(24,34)35)19(27-22)26-17(20(30)31)12-15-8-10-16(33-5)11-9-15/h8-11,13-14,17H,6-7,12,34-35H2,1-5H3,(H,30,31)(H,25,26,27). The van der Waals surface area contributed by atoms with E-state index in [1.165, 1.54) is 11.1 Å². The Balaban J connectivity index is 2.56. The van der Waals surface area contributed by atoms with E-state index in [0.717, 1.165) is 5.56 Å². The van der Waals surface area contributed by atoms with Crippen molar-refractivity contribution in [1.29, 1.82) is 0 Å². The van der Waals surface area contributed by atoms with E-state index >= 15 is 0 Å². The predicted molar refractivity (Wildman–Crippen MR) is 143 cm³/mol. The summed E-state index contributed by atoms with van der Waals surface area (Å²) in [6.45, 7) is 8.60. The molecule has 1 aromatic heterocycles. The maximum Gasteiger partial charge on any atom is 0.326 e. The number of rotatable bonds is 12. The number of methoxy groups -OCH3 is 1. The molecule has 9 nitrogen and oxygen atoms in total. The van der Waals surface area contributed by atoms with Crippen molar-refractivity contribution >= 4 is 47.8 Å². The summed E-state index contributed by atoms with van der Waals surface area (Å²) in [5, 5.41) is 10.6. The molecule has 0 fully saturated rings. The molecule has 0 bridgehead atoms. The van der Waals surface area contributed by atoms with Gasteiger partial charge < -0.3 is 25.0 Å². The number of hydrogen-bond donors (Lipinski definition) is 2. The molecule has 0 aliphatic carbocycles. The minimum atomic E-state index is -2.31. The number of aliphatic carboxylic acids is 1. The quantitative estimate of drug-likeness (QED) is 0.405. The molecule has 35 heavy (non-hydrogen) atoms. The highest BCUT2D eigenvalue weighted by atomic mass is 31.1. The maximum absolute atomic E-state index is 14.6. The Morgan fingerprint density at radius 3 is 2.26 bits per heavy atom. The Kier molecular flexibility index (Phi) is 10.2. The Labute approximate surface area is 210 Å². The minimum absolute atomic E-state index is 0.129. The van der Waals surface area contributed by atoms with Crippen molar-refractivity contribution in [2.75, 3.05) is 35.3 Å². The van der Waals surface area contributed by atoms with E-state index in [1.54, 1.807) is 45.2 Å². The minimum Gasteiger partial charge on any atom is -0.497 e. The largest absolute Gasteiger partial charge is 0.497 e. The van der Waals surface area contributed by atoms with Crippen molar-refractivity contribution in [3.63, 3.8) is 0 Å². The average Bonchev–Trinajstić information content (AvgIpc) is 2.80. The van der Waals surface area contributed by atoms with Gasteiger partial charge in [0.15, 0.2) is 5.82 Å². The Morgan fingerprint density at radius 1 is 1.20 bits per heavy atom. The van der Waals surface area contributed by atoms with E-state index in [4.69, 9.17) is 4.74 Å². The Bertz CT molecular complexity index is 1010. The number of carboxylic acid groups (broad SMARTS) is 1. The number of alkyl halides is 1. The number of nitrogens with zero attached hydrogens (tertiary/aromatic N) is 4. The van der Waals surface area contributed by atoms with Crippen molar-refractivity contribution in [2.24, 2.45) is 0 Å². The highest BCUT2D eigenvalue weighted by Crippen LogP contribution is 2.36. The second-order valence-corrected chi connectivity index (χ2v) is 10.5. The molecule has 3 unspecified atom stereocenters. The molecule has 0 aliphatic heterocycles. The van der Waals surface area contributed by atoms with Gasteiger partial charge in [-0.3, -0.25) is 4.79 Å². The molecule has 0 radical (unpaired) electrons.